The summed E-state index contributed by atoms with van der Waals surface area (Å²) in [5.74, 6) is -0.202. The van der Waals surface area contributed by atoms with Crippen molar-refractivity contribution in [2.45, 2.75) is 39.0 Å². The molecule has 0 unspecified atom stereocenters. The molecular formula is C19H21FO. The normalized spacial score (nSPS) is 11.4. The molecule has 21 heavy (non-hydrogen) atoms. The molecule has 0 atom stereocenters. The van der Waals surface area contributed by atoms with Crippen LogP contribution in [0.5, 0.6) is 0 Å². The second-order valence-electron chi connectivity index (χ2n) is 5.45. The number of hydrogen-bond donors (Lipinski definition) is 0. The van der Waals surface area contributed by atoms with E-state index in [2.05, 4.69) is 0 Å². The van der Waals surface area contributed by atoms with Gasteiger partial charge in [-0.1, -0.05) is 44.2 Å². The van der Waals surface area contributed by atoms with Gasteiger partial charge in [0.2, 0.25) is 0 Å². The zero-order valence-corrected chi connectivity index (χ0v) is 12.8. The molecular weight excluding hydrogens is 263 g/mol. The summed E-state index contributed by atoms with van der Waals surface area (Å²) in [6.07, 6.45) is 1.45. The van der Waals surface area contributed by atoms with Gasteiger partial charge in [-0.25, -0.2) is 4.39 Å². The van der Waals surface area contributed by atoms with Crippen molar-refractivity contribution < 1.29 is 9.18 Å². The Morgan fingerprint density at radius 1 is 1.05 bits per heavy atom. The van der Waals surface area contributed by atoms with Crippen molar-refractivity contribution in [2.24, 2.45) is 0 Å². The van der Waals surface area contributed by atoms with Crippen LogP contribution in [0.25, 0.3) is 0 Å². The molecule has 0 aliphatic carbocycles. The van der Waals surface area contributed by atoms with E-state index >= 15 is 0 Å². The van der Waals surface area contributed by atoms with Gasteiger partial charge in [-0.15, -0.1) is 0 Å². The Balaban J connectivity index is 2.52. The van der Waals surface area contributed by atoms with E-state index in [1.165, 1.54) is 6.07 Å². The van der Waals surface area contributed by atoms with Crippen molar-refractivity contribution in [2.75, 3.05) is 0 Å². The molecule has 0 N–H and O–H groups in total. The van der Waals surface area contributed by atoms with E-state index in [1.54, 1.807) is 19.1 Å². The molecule has 0 fully saturated rings. The van der Waals surface area contributed by atoms with Crippen molar-refractivity contribution in [3.8, 4) is 0 Å². The summed E-state index contributed by atoms with van der Waals surface area (Å²) >= 11 is 0. The lowest BCUT2D eigenvalue weighted by atomic mass is 9.70. The number of ketones is 1. The van der Waals surface area contributed by atoms with Crippen LogP contribution < -0.4 is 0 Å². The smallest absolute Gasteiger partial charge is 0.173 e. The van der Waals surface area contributed by atoms with Gasteiger partial charge in [0, 0.05) is 5.56 Å². The average molecular weight is 284 g/mol. The Morgan fingerprint density at radius 3 is 2.19 bits per heavy atom. The molecule has 1 nitrogen and oxygen atoms in total. The molecule has 2 rings (SSSR count). The molecule has 0 radical (unpaired) electrons. The molecule has 2 aromatic rings. The zero-order chi connectivity index (χ0) is 15.5. The Kier molecular flexibility index (Phi) is 4.56. The number of benzene rings is 2. The molecule has 110 valence electrons. The van der Waals surface area contributed by atoms with Gasteiger partial charge in [-0.05, 0) is 49.1 Å². The van der Waals surface area contributed by atoms with Crippen LogP contribution in [0.1, 0.15) is 48.2 Å². The van der Waals surface area contributed by atoms with Crippen molar-refractivity contribution >= 4 is 5.78 Å². The quantitative estimate of drug-likeness (QED) is 0.700. The minimum Gasteiger partial charge on any atom is -0.293 e. The third-order valence-electron chi connectivity index (χ3n) is 4.39. The maximum Gasteiger partial charge on any atom is 0.173 e. The minimum absolute atomic E-state index is 0.0711. The monoisotopic (exact) mass is 284 g/mol. The van der Waals surface area contributed by atoms with E-state index in [4.69, 9.17) is 0 Å². The van der Waals surface area contributed by atoms with E-state index < -0.39 is 5.41 Å². The van der Waals surface area contributed by atoms with Gasteiger partial charge >= 0.3 is 0 Å². The Bertz CT molecular complexity index is 627. The second-order valence-corrected chi connectivity index (χ2v) is 5.45. The van der Waals surface area contributed by atoms with Crippen LogP contribution in [-0.2, 0) is 5.41 Å². The van der Waals surface area contributed by atoms with E-state index in [0.29, 0.717) is 11.1 Å². The number of hydrogen-bond acceptors (Lipinski definition) is 1. The molecule has 0 aromatic heterocycles. The summed E-state index contributed by atoms with van der Waals surface area (Å²) in [6, 6.07) is 14.5. The van der Waals surface area contributed by atoms with E-state index in [1.807, 2.05) is 44.2 Å². The van der Waals surface area contributed by atoms with Crippen molar-refractivity contribution in [1.29, 1.82) is 0 Å². The van der Waals surface area contributed by atoms with E-state index in [-0.39, 0.29) is 11.6 Å². The summed E-state index contributed by atoms with van der Waals surface area (Å²) < 4.78 is 13.4. The Hall–Kier alpha value is -1.96. The zero-order valence-electron chi connectivity index (χ0n) is 12.8. The minimum atomic E-state index is -0.536. The van der Waals surface area contributed by atoms with Gasteiger partial charge < -0.3 is 0 Å². The summed E-state index contributed by atoms with van der Waals surface area (Å²) in [6.45, 7) is 5.75. The summed E-state index contributed by atoms with van der Waals surface area (Å²) in [5.41, 5.74) is 1.59. The van der Waals surface area contributed by atoms with Crippen molar-refractivity contribution in [1.82, 2.24) is 0 Å². The average Bonchev–Trinajstić information content (AvgIpc) is 2.52. The van der Waals surface area contributed by atoms with E-state index in [9.17, 15) is 9.18 Å². The Labute approximate surface area is 125 Å². The molecule has 2 heteroatoms. The Morgan fingerprint density at radius 2 is 1.67 bits per heavy atom. The molecule has 0 aliphatic heterocycles. The van der Waals surface area contributed by atoms with E-state index in [0.717, 1.165) is 18.4 Å². The standard InChI is InChI=1S/C19H21FO/c1-4-19(5-2,16-9-7-6-8-10-16)18(21)15-11-12-17(20)14(3)13-15/h6-13H,4-5H2,1-3H3. The molecule has 0 saturated carbocycles. The van der Waals surface area contributed by atoms with Gasteiger partial charge in [0.15, 0.2) is 5.78 Å². The first-order chi connectivity index (χ1) is 10.0. The molecule has 0 amide bonds. The molecule has 0 saturated heterocycles. The van der Waals surface area contributed by atoms with Gasteiger partial charge in [-0.2, -0.15) is 0 Å². The maximum absolute atomic E-state index is 13.4. The van der Waals surface area contributed by atoms with Gasteiger partial charge in [0.25, 0.3) is 0 Å². The molecule has 2 aromatic carbocycles. The van der Waals surface area contributed by atoms with Crippen LogP contribution in [0, 0.1) is 12.7 Å². The number of carbonyl (C=O) groups excluding carboxylic acids is 1. The first kappa shape index (κ1) is 15.4. The molecule has 0 aliphatic rings. The first-order valence-electron chi connectivity index (χ1n) is 7.41. The van der Waals surface area contributed by atoms with Crippen LogP contribution in [0.15, 0.2) is 48.5 Å². The summed E-state index contributed by atoms with van der Waals surface area (Å²) in [7, 11) is 0. The number of Topliss-reactive ketones (excluding diaryl/α,β-unsaturated/α-hetero) is 1. The predicted molar refractivity (Wildman–Crippen MR) is 84.2 cm³/mol. The number of carbonyl (C=O) groups is 1. The SMILES string of the molecule is CCC(CC)(C(=O)c1ccc(F)c(C)c1)c1ccccc1. The highest BCUT2D eigenvalue weighted by Crippen LogP contribution is 2.35. The van der Waals surface area contributed by atoms with Crippen molar-refractivity contribution in [3.63, 3.8) is 0 Å². The molecule has 0 bridgehead atoms. The fourth-order valence-electron chi connectivity index (χ4n) is 2.93. The fraction of sp³-hybridized carbons (Fsp3) is 0.316. The predicted octanol–water partition coefficient (Wildman–Crippen LogP) is 5.07. The largest absolute Gasteiger partial charge is 0.293 e. The first-order valence-corrected chi connectivity index (χ1v) is 7.41. The highest BCUT2D eigenvalue weighted by molar-refractivity contribution is 6.04. The van der Waals surface area contributed by atoms with Gasteiger partial charge in [0.05, 0.1) is 5.41 Å². The second kappa shape index (κ2) is 6.21. The van der Waals surface area contributed by atoms with Crippen molar-refractivity contribution in [3.05, 3.63) is 71.0 Å². The number of rotatable bonds is 5. The fourth-order valence-corrected chi connectivity index (χ4v) is 2.93. The number of aryl methyl sites for hydroxylation is 1. The third kappa shape index (κ3) is 2.76. The molecule has 0 spiro atoms. The molecule has 0 heterocycles. The van der Waals surface area contributed by atoms with Crippen LogP contribution in [0.2, 0.25) is 0 Å². The van der Waals surface area contributed by atoms with Crippen LogP contribution >= 0.6 is 0 Å². The highest BCUT2D eigenvalue weighted by Gasteiger charge is 2.37. The van der Waals surface area contributed by atoms with Gasteiger partial charge in [0.1, 0.15) is 5.82 Å². The lowest BCUT2D eigenvalue weighted by Gasteiger charge is -2.31. The topological polar surface area (TPSA) is 17.1 Å². The summed E-state index contributed by atoms with van der Waals surface area (Å²) in [5, 5.41) is 0. The lowest BCUT2D eigenvalue weighted by Crippen LogP contribution is -2.34. The van der Waals surface area contributed by atoms with Crippen LogP contribution in [-0.4, -0.2) is 5.78 Å². The lowest BCUT2D eigenvalue weighted by molar-refractivity contribution is 0.0872. The number of halogens is 1. The summed E-state index contributed by atoms with van der Waals surface area (Å²) in [4.78, 5) is 13.1. The van der Waals surface area contributed by atoms with Crippen LogP contribution in [0.4, 0.5) is 4.39 Å². The van der Waals surface area contributed by atoms with Crippen LogP contribution in [0.3, 0.4) is 0 Å². The third-order valence-corrected chi connectivity index (χ3v) is 4.39. The maximum atomic E-state index is 13.4. The van der Waals surface area contributed by atoms with Gasteiger partial charge in [-0.3, -0.25) is 4.79 Å². The highest BCUT2D eigenvalue weighted by atomic mass is 19.1.